The molecule has 21 heavy (non-hydrogen) atoms. The molecule has 7 heteroatoms. The van der Waals surface area contributed by atoms with E-state index < -0.39 is 23.1 Å². The predicted molar refractivity (Wildman–Crippen MR) is 72.7 cm³/mol. The highest BCUT2D eigenvalue weighted by atomic mass is 19.2. The number of carbonyl (C=O) groups is 1. The number of pyridine rings is 1. The molecule has 0 saturated heterocycles. The Morgan fingerprint density at radius 3 is 2.67 bits per heavy atom. The Morgan fingerprint density at radius 1 is 1.24 bits per heavy atom. The molecule has 0 saturated carbocycles. The summed E-state index contributed by atoms with van der Waals surface area (Å²) in [6.45, 7) is -0.0594. The first kappa shape index (κ1) is 14.9. The highest BCUT2D eigenvalue weighted by Gasteiger charge is 2.11. The molecule has 2 aromatic rings. The smallest absolute Gasteiger partial charge is 0.263 e. The maximum atomic E-state index is 13.1. The number of nitrogens with two attached hydrogens (primary N) is 1. The molecule has 0 atom stereocenters. The Bertz CT molecular complexity index is 728. The Balaban J connectivity index is 2.32. The minimum Gasteiger partial charge on any atom is -0.340 e. The number of hydrogen-bond donors (Lipinski definition) is 2. The first-order valence-electron chi connectivity index (χ1n) is 6.14. The van der Waals surface area contributed by atoms with Crippen molar-refractivity contribution in [3.63, 3.8) is 0 Å². The van der Waals surface area contributed by atoms with Gasteiger partial charge in [-0.05, 0) is 29.8 Å². The van der Waals surface area contributed by atoms with Crippen molar-refractivity contribution in [3.05, 3.63) is 69.6 Å². The summed E-state index contributed by atoms with van der Waals surface area (Å²) in [7, 11) is 0. The summed E-state index contributed by atoms with van der Waals surface area (Å²) in [6.07, 6.45) is 1.46. The van der Waals surface area contributed by atoms with Crippen LogP contribution in [0.25, 0.3) is 0 Å². The molecule has 0 fully saturated rings. The zero-order valence-corrected chi connectivity index (χ0v) is 11.0. The number of hydrogen-bond acceptors (Lipinski definition) is 3. The largest absolute Gasteiger partial charge is 0.340 e. The third-order valence-electron chi connectivity index (χ3n) is 2.86. The van der Waals surface area contributed by atoms with Crippen LogP contribution in [0.1, 0.15) is 15.9 Å². The molecule has 0 aliphatic carbocycles. The van der Waals surface area contributed by atoms with Crippen molar-refractivity contribution in [2.45, 2.75) is 6.54 Å². The summed E-state index contributed by atoms with van der Waals surface area (Å²) in [6, 6.07) is 6.26. The van der Waals surface area contributed by atoms with Gasteiger partial charge >= 0.3 is 0 Å². The number of aromatic nitrogens is 1. The van der Waals surface area contributed by atoms with E-state index in [1.807, 2.05) is 0 Å². The van der Waals surface area contributed by atoms with Gasteiger partial charge in [0.05, 0.1) is 13.2 Å². The minimum absolute atomic E-state index is 0.0276. The molecule has 110 valence electrons. The zero-order chi connectivity index (χ0) is 15.4. The normalized spacial score (nSPS) is 10.4. The average molecular weight is 293 g/mol. The fourth-order valence-electron chi connectivity index (χ4n) is 1.86. The molecule has 0 aliphatic rings. The van der Waals surface area contributed by atoms with Crippen LogP contribution in [0.3, 0.4) is 0 Å². The van der Waals surface area contributed by atoms with Crippen LogP contribution in [0.15, 0.2) is 41.3 Å². The second-order valence-corrected chi connectivity index (χ2v) is 4.31. The van der Waals surface area contributed by atoms with Crippen molar-refractivity contribution in [2.75, 3.05) is 6.67 Å². The Morgan fingerprint density at radius 2 is 2.00 bits per heavy atom. The predicted octanol–water partition coefficient (Wildman–Crippen LogP) is 0.821. The van der Waals surface area contributed by atoms with Crippen molar-refractivity contribution in [1.29, 1.82) is 0 Å². The number of halogens is 2. The van der Waals surface area contributed by atoms with Crippen LogP contribution in [-0.2, 0) is 6.54 Å². The molecule has 1 aromatic heterocycles. The highest BCUT2D eigenvalue weighted by molar-refractivity contribution is 5.93. The molecule has 1 amide bonds. The Kier molecular flexibility index (Phi) is 4.44. The van der Waals surface area contributed by atoms with Gasteiger partial charge in [-0.25, -0.2) is 8.78 Å². The molecule has 0 aliphatic heterocycles. The van der Waals surface area contributed by atoms with Gasteiger partial charge in [0.15, 0.2) is 11.6 Å². The monoisotopic (exact) mass is 293 g/mol. The molecule has 0 spiro atoms. The number of nitrogens with one attached hydrogen (secondary N) is 1. The molecular formula is C14H13F2N3O2. The van der Waals surface area contributed by atoms with Gasteiger partial charge in [0.2, 0.25) is 0 Å². The molecule has 0 radical (unpaired) electrons. The van der Waals surface area contributed by atoms with Gasteiger partial charge in [-0.3, -0.25) is 9.59 Å². The SMILES string of the molecule is NCNC(=O)c1cccn(Cc2ccc(F)c(F)c2)c1=O. The number of amides is 1. The lowest BCUT2D eigenvalue weighted by Crippen LogP contribution is -2.35. The van der Waals surface area contributed by atoms with Gasteiger partial charge in [0.1, 0.15) is 5.56 Å². The van der Waals surface area contributed by atoms with Crippen LogP contribution in [0.2, 0.25) is 0 Å². The van der Waals surface area contributed by atoms with E-state index in [0.717, 1.165) is 12.1 Å². The Labute approximate surface area is 119 Å². The molecule has 2 rings (SSSR count). The standard InChI is InChI=1S/C14H13F2N3O2/c15-11-4-3-9(6-12(11)16)7-19-5-1-2-10(14(19)21)13(20)18-8-17/h1-6H,7-8,17H2,(H,18,20). The highest BCUT2D eigenvalue weighted by Crippen LogP contribution is 2.09. The van der Waals surface area contributed by atoms with E-state index in [4.69, 9.17) is 5.73 Å². The molecular weight excluding hydrogens is 280 g/mol. The first-order chi connectivity index (χ1) is 10.0. The maximum Gasteiger partial charge on any atom is 0.263 e. The van der Waals surface area contributed by atoms with Gasteiger partial charge in [-0.1, -0.05) is 6.07 Å². The number of carbonyl (C=O) groups excluding carboxylic acids is 1. The lowest BCUT2D eigenvalue weighted by Gasteiger charge is -2.08. The first-order valence-corrected chi connectivity index (χ1v) is 6.14. The fraction of sp³-hybridized carbons (Fsp3) is 0.143. The summed E-state index contributed by atoms with van der Waals surface area (Å²) in [5.74, 6) is -2.53. The second-order valence-electron chi connectivity index (χ2n) is 4.31. The second kappa shape index (κ2) is 6.27. The van der Waals surface area contributed by atoms with E-state index in [1.165, 1.54) is 29.0 Å². The van der Waals surface area contributed by atoms with E-state index in [9.17, 15) is 18.4 Å². The topological polar surface area (TPSA) is 77.1 Å². The van der Waals surface area contributed by atoms with Gasteiger partial charge in [0.25, 0.3) is 11.5 Å². The van der Waals surface area contributed by atoms with Crippen molar-refractivity contribution in [1.82, 2.24) is 9.88 Å². The van der Waals surface area contributed by atoms with Crippen LogP contribution in [0.5, 0.6) is 0 Å². The van der Waals surface area contributed by atoms with Crippen LogP contribution in [-0.4, -0.2) is 17.1 Å². The Hall–Kier alpha value is -2.54. The molecule has 5 nitrogen and oxygen atoms in total. The minimum atomic E-state index is -0.988. The summed E-state index contributed by atoms with van der Waals surface area (Å²) in [4.78, 5) is 23.8. The molecule has 1 aromatic carbocycles. The van der Waals surface area contributed by atoms with E-state index in [0.29, 0.717) is 5.56 Å². The summed E-state index contributed by atoms with van der Waals surface area (Å²) in [5.41, 5.74) is 5.00. The van der Waals surface area contributed by atoms with Gasteiger partial charge in [0, 0.05) is 6.20 Å². The lowest BCUT2D eigenvalue weighted by atomic mass is 10.2. The summed E-state index contributed by atoms with van der Waals surface area (Å²) >= 11 is 0. The van der Waals surface area contributed by atoms with Crippen LogP contribution in [0, 0.1) is 11.6 Å². The fourth-order valence-corrected chi connectivity index (χ4v) is 1.86. The van der Waals surface area contributed by atoms with Crippen LogP contribution in [0.4, 0.5) is 8.78 Å². The average Bonchev–Trinajstić information content (AvgIpc) is 2.45. The van der Waals surface area contributed by atoms with Crippen molar-refractivity contribution >= 4 is 5.91 Å². The van der Waals surface area contributed by atoms with Crippen molar-refractivity contribution in [2.24, 2.45) is 5.73 Å². The molecule has 1 heterocycles. The van der Waals surface area contributed by atoms with Crippen LogP contribution < -0.4 is 16.6 Å². The van der Waals surface area contributed by atoms with Gasteiger partial charge in [-0.15, -0.1) is 0 Å². The van der Waals surface area contributed by atoms with E-state index >= 15 is 0 Å². The number of rotatable bonds is 4. The lowest BCUT2D eigenvalue weighted by molar-refractivity contribution is 0.0952. The van der Waals surface area contributed by atoms with E-state index in [-0.39, 0.29) is 18.8 Å². The molecule has 0 bridgehead atoms. The van der Waals surface area contributed by atoms with Crippen LogP contribution >= 0.6 is 0 Å². The van der Waals surface area contributed by atoms with Crippen molar-refractivity contribution < 1.29 is 13.6 Å². The third kappa shape index (κ3) is 3.32. The van der Waals surface area contributed by atoms with E-state index in [2.05, 4.69) is 5.32 Å². The van der Waals surface area contributed by atoms with Crippen molar-refractivity contribution in [3.8, 4) is 0 Å². The van der Waals surface area contributed by atoms with Gasteiger partial charge < -0.3 is 15.6 Å². The quantitative estimate of drug-likeness (QED) is 0.819. The summed E-state index contributed by atoms with van der Waals surface area (Å²) < 4.78 is 27.2. The number of benzene rings is 1. The van der Waals surface area contributed by atoms with Gasteiger partial charge in [-0.2, -0.15) is 0 Å². The summed E-state index contributed by atoms with van der Waals surface area (Å²) in [5, 5.41) is 2.33. The maximum absolute atomic E-state index is 13.1. The zero-order valence-electron chi connectivity index (χ0n) is 11.0. The molecule has 3 N–H and O–H groups in total. The number of nitrogens with zero attached hydrogens (tertiary/aromatic N) is 1. The molecule has 0 unspecified atom stereocenters. The third-order valence-corrected chi connectivity index (χ3v) is 2.86. The van der Waals surface area contributed by atoms with E-state index in [1.54, 1.807) is 0 Å².